The summed E-state index contributed by atoms with van der Waals surface area (Å²) in [4.78, 5) is 11.9. The standard InChI is InChI=1S/C14H24N2O/c1-2-3-4-5-10-13-15-12-9-7-6-8-11(12)14(17)16-13/h13,15H,2-10H2,1H3,(H,16,17). The highest BCUT2D eigenvalue weighted by Crippen LogP contribution is 2.26. The van der Waals surface area contributed by atoms with Crippen LogP contribution in [0.2, 0.25) is 0 Å². The number of allylic oxidation sites excluding steroid dienone is 1. The number of amides is 1. The van der Waals surface area contributed by atoms with Gasteiger partial charge in [-0.25, -0.2) is 0 Å². The molecule has 0 saturated carbocycles. The maximum absolute atomic E-state index is 11.9. The van der Waals surface area contributed by atoms with Crippen molar-refractivity contribution in [3.05, 3.63) is 11.3 Å². The highest BCUT2D eigenvalue weighted by molar-refractivity contribution is 5.95. The average molecular weight is 236 g/mol. The monoisotopic (exact) mass is 236 g/mol. The van der Waals surface area contributed by atoms with Crippen molar-refractivity contribution in [1.29, 1.82) is 0 Å². The Morgan fingerprint density at radius 3 is 2.76 bits per heavy atom. The van der Waals surface area contributed by atoms with E-state index in [-0.39, 0.29) is 12.1 Å². The van der Waals surface area contributed by atoms with Crippen molar-refractivity contribution < 1.29 is 4.79 Å². The topological polar surface area (TPSA) is 41.1 Å². The molecule has 1 amide bonds. The van der Waals surface area contributed by atoms with Crippen molar-refractivity contribution in [2.24, 2.45) is 0 Å². The van der Waals surface area contributed by atoms with E-state index in [1.807, 2.05) is 0 Å². The Bertz CT molecular complexity index is 309. The molecule has 2 rings (SSSR count). The van der Waals surface area contributed by atoms with Crippen LogP contribution >= 0.6 is 0 Å². The Morgan fingerprint density at radius 1 is 1.12 bits per heavy atom. The van der Waals surface area contributed by atoms with Crippen LogP contribution in [0, 0.1) is 0 Å². The van der Waals surface area contributed by atoms with Gasteiger partial charge < -0.3 is 10.6 Å². The van der Waals surface area contributed by atoms with Crippen LogP contribution in [0.3, 0.4) is 0 Å². The first kappa shape index (κ1) is 12.5. The zero-order chi connectivity index (χ0) is 12.1. The van der Waals surface area contributed by atoms with Crippen LogP contribution in [-0.2, 0) is 4.79 Å². The van der Waals surface area contributed by atoms with Gasteiger partial charge in [0, 0.05) is 11.3 Å². The zero-order valence-electron chi connectivity index (χ0n) is 10.8. The quantitative estimate of drug-likeness (QED) is 0.721. The molecule has 2 aliphatic rings. The molecule has 0 aromatic carbocycles. The summed E-state index contributed by atoms with van der Waals surface area (Å²) in [6.45, 7) is 2.22. The Morgan fingerprint density at radius 2 is 1.94 bits per heavy atom. The number of carbonyl (C=O) groups is 1. The van der Waals surface area contributed by atoms with Crippen LogP contribution in [0.4, 0.5) is 0 Å². The largest absolute Gasteiger partial charge is 0.368 e. The average Bonchev–Trinajstić information content (AvgIpc) is 2.35. The van der Waals surface area contributed by atoms with Gasteiger partial charge in [0.15, 0.2) is 0 Å². The highest BCUT2D eigenvalue weighted by Gasteiger charge is 2.27. The summed E-state index contributed by atoms with van der Waals surface area (Å²) in [5.41, 5.74) is 2.24. The number of unbranched alkanes of at least 4 members (excludes halogenated alkanes) is 3. The van der Waals surface area contributed by atoms with Crippen molar-refractivity contribution in [3.8, 4) is 0 Å². The summed E-state index contributed by atoms with van der Waals surface area (Å²) in [7, 11) is 0. The minimum atomic E-state index is 0.177. The molecule has 1 unspecified atom stereocenters. The van der Waals surface area contributed by atoms with Crippen LogP contribution in [0.1, 0.15) is 64.7 Å². The number of hydrogen-bond acceptors (Lipinski definition) is 2. The molecule has 0 aromatic rings. The first-order valence-corrected chi connectivity index (χ1v) is 7.10. The van der Waals surface area contributed by atoms with Gasteiger partial charge in [0.2, 0.25) is 0 Å². The van der Waals surface area contributed by atoms with E-state index >= 15 is 0 Å². The third-order valence-corrected chi connectivity index (χ3v) is 3.74. The molecule has 1 heterocycles. The Hall–Kier alpha value is -0.990. The van der Waals surface area contributed by atoms with E-state index in [1.54, 1.807) is 0 Å². The van der Waals surface area contributed by atoms with Gasteiger partial charge >= 0.3 is 0 Å². The van der Waals surface area contributed by atoms with Crippen molar-refractivity contribution in [3.63, 3.8) is 0 Å². The van der Waals surface area contributed by atoms with Crippen molar-refractivity contribution in [1.82, 2.24) is 10.6 Å². The third-order valence-electron chi connectivity index (χ3n) is 3.74. The van der Waals surface area contributed by atoms with E-state index in [2.05, 4.69) is 17.6 Å². The second kappa shape index (κ2) is 6.08. The molecule has 17 heavy (non-hydrogen) atoms. The summed E-state index contributed by atoms with van der Waals surface area (Å²) in [5.74, 6) is 0.180. The van der Waals surface area contributed by atoms with E-state index in [9.17, 15) is 4.79 Å². The van der Waals surface area contributed by atoms with E-state index in [1.165, 1.54) is 37.8 Å². The number of nitrogens with one attached hydrogen (secondary N) is 2. The Balaban J connectivity index is 1.83. The predicted octanol–water partition coefficient (Wildman–Crippen LogP) is 2.83. The lowest BCUT2D eigenvalue weighted by molar-refractivity contribution is -0.119. The molecule has 3 heteroatoms. The molecule has 2 N–H and O–H groups in total. The summed E-state index contributed by atoms with van der Waals surface area (Å²) >= 11 is 0. The molecule has 96 valence electrons. The van der Waals surface area contributed by atoms with Crippen molar-refractivity contribution in [2.75, 3.05) is 0 Å². The third kappa shape index (κ3) is 3.24. The summed E-state index contributed by atoms with van der Waals surface area (Å²) < 4.78 is 0. The fourth-order valence-electron chi connectivity index (χ4n) is 2.73. The number of carbonyl (C=O) groups excluding carboxylic acids is 1. The van der Waals surface area contributed by atoms with E-state index < -0.39 is 0 Å². The van der Waals surface area contributed by atoms with Crippen LogP contribution in [0.5, 0.6) is 0 Å². The van der Waals surface area contributed by atoms with Crippen LogP contribution in [0.25, 0.3) is 0 Å². The van der Waals surface area contributed by atoms with Gasteiger partial charge in [0.1, 0.15) is 0 Å². The van der Waals surface area contributed by atoms with E-state index in [0.717, 1.165) is 31.3 Å². The molecular weight excluding hydrogens is 212 g/mol. The molecule has 0 aromatic heterocycles. The molecule has 1 aliphatic heterocycles. The zero-order valence-corrected chi connectivity index (χ0v) is 10.8. The van der Waals surface area contributed by atoms with Gasteiger partial charge in [-0.1, -0.05) is 26.2 Å². The minimum Gasteiger partial charge on any atom is -0.368 e. The van der Waals surface area contributed by atoms with E-state index in [0.29, 0.717) is 0 Å². The first-order chi connectivity index (χ1) is 8.31. The van der Waals surface area contributed by atoms with Crippen molar-refractivity contribution >= 4 is 5.91 Å². The van der Waals surface area contributed by atoms with Crippen LogP contribution < -0.4 is 10.6 Å². The normalized spacial score (nSPS) is 24.1. The van der Waals surface area contributed by atoms with Gasteiger partial charge in [0.05, 0.1) is 6.17 Å². The fraction of sp³-hybridized carbons (Fsp3) is 0.786. The lowest BCUT2D eigenvalue weighted by Crippen LogP contribution is -2.51. The highest BCUT2D eigenvalue weighted by atomic mass is 16.2. The van der Waals surface area contributed by atoms with Gasteiger partial charge in [-0.3, -0.25) is 4.79 Å². The smallest absolute Gasteiger partial charge is 0.250 e. The Labute approximate surface area is 104 Å². The lowest BCUT2D eigenvalue weighted by Gasteiger charge is -2.32. The molecular formula is C14H24N2O. The molecule has 0 fully saturated rings. The molecule has 0 radical (unpaired) electrons. The van der Waals surface area contributed by atoms with Crippen LogP contribution in [0.15, 0.2) is 11.3 Å². The Kier molecular flexibility index (Phi) is 4.46. The molecule has 0 bridgehead atoms. The molecule has 0 saturated heterocycles. The molecule has 3 nitrogen and oxygen atoms in total. The second-order valence-electron chi connectivity index (χ2n) is 5.18. The fourth-order valence-corrected chi connectivity index (χ4v) is 2.73. The minimum absolute atomic E-state index is 0.177. The summed E-state index contributed by atoms with van der Waals surface area (Å²) in [6, 6.07) is 0. The SMILES string of the molecule is CCCCCCC1NC(=O)C2=C(CCCC2)N1. The number of rotatable bonds is 5. The maximum Gasteiger partial charge on any atom is 0.250 e. The van der Waals surface area contributed by atoms with Gasteiger partial charge in [-0.05, 0) is 38.5 Å². The lowest BCUT2D eigenvalue weighted by atomic mass is 9.93. The maximum atomic E-state index is 11.9. The van der Waals surface area contributed by atoms with E-state index in [4.69, 9.17) is 0 Å². The van der Waals surface area contributed by atoms with Crippen molar-refractivity contribution in [2.45, 2.75) is 70.9 Å². The second-order valence-corrected chi connectivity index (χ2v) is 5.18. The summed E-state index contributed by atoms with van der Waals surface area (Å²) in [6.07, 6.45) is 10.7. The predicted molar refractivity (Wildman–Crippen MR) is 69.3 cm³/mol. The number of hydrogen-bond donors (Lipinski definition) is 2. The van der Waals surface area contributed by atoms with Crippen LogP contribution in [-0.4, -0.2) is 12.1 Å². The molecule has 1 aliphatic carbocycles. The van der Waals surface area contributed by atoms with Gasteiger partial charge in [-0.2, -0.15) is 0 Å². The first-order valence-electron chi connectivity index (χ1n) is 7.10. The summed E-state index contributed by atoms with van der Waals surface area (Å²) in [5, 5.41) is 6.59. The molecule has 0 spiro atoms. The molecule has 1 atom stereocenters. The van der Waals surface area contributed by atoms with Gasteiger partial charge in [0.25, 0.3) is 5.91 Å². The van der Waals surface area contributed by atoms with Gasteiger partial charge in [-0.15, -0.1) is 0 Å².